The number of nitrogens with one attached hydrogen (secondary N) is 1. The first-order chi connectivity index (χ1) is 14.7. The van der Waals surface area contributed by atoms with Crippen LogP contribution in [-0.2, 0) is 0 Å². The zero-order valence-electron chi connectivity index (χ0n) is 16.6. The monoisotopic (exact) mass is 404 g/mol. The summed E-state index contributed by atoms with van der Waals surface area (Å²) in [6, 6.07) is 17.2. The molecule has 0 saturated carbocycles. The number of nitrogens with zero attached hydrogens (tertiary/aromatic N) is 3. The summed E-state index contributed by atoms with van der Waals surface area (Å²) in [6.45, 7) is 2.14. The second kappa shape index (κ2) is 9.37. The molecule has 1 fully saturated rings. The molecule has 0 atom stereocenters. The van der Waals surface area contributed by atoms with Crippen molar-refractivity contribution in [2.75, 3.05) is 29.9 Å². The van der Waals surface area contributed by atoms with E-state index in [1.807, 2.05) is 54.6 Å². The fourth-order valence-corrected chi connectivity index (χ4v) is 3.41. The van der Waals surface area contributed by atoms with Crippen molar-refractivity contribution in [3.05, 3.63) is 72.6 Å². The lowest BCUT2D eigenvalue weighted by molar-refractivity contribution is 0.102. The number of benzene rings is 2. The number of hydrogen-bond acceptors (Lipinski definition) is 6. The lowest BCUT2D eigenvalue weighted by atomic mass is 9.97. The zero-order valence-corrected chi connectivity index (χ0v) is 16.6. The zero-order chi connectivity index (χ0) is 20.8. The van der Waals surface area contributed by atoms with Gasteiger partial charge in [-0.1, -0.05) is 18.2 Å². The van der Waals surface area contributed by atoms with Crippen molar-refractivity contribution in [2.24, 2.45) is 5.92 Å². The summed E-state index contributed by atoms with van der Waals surface area (Å²) in [5.74, 6) is 0.764. The van der Waals surface area contributed by atoms with E-state index < -0.39 is 0 Å². The van der Waals surface area contributed by atoms with Crippen molar-refractivity contribution in [1.82, 2.24) is 9.97 Å². The summed E-state index contributed by atoms with van der Waals surface area (Å²) in [5, 5.41) is 12.1. The maximum Gasteiger partial charge on any atom is 0.321 e. The van der Waals surface area contributed by atoms with E-state index >= 15 is 0 Å². The van der Waals surface area contributed by atoms with Crippen molar-refractivity contribution in [1.29, 1.82) is 0 Å². The Hall–Kier alpha value is -3.45. The maximum absolute atomic E-state index is 12.5. The van der Waals surface area contributed by atoms with Crippen molar-refractivity contribution in [3.63, 3.8) is 0 Å². The molecule has 7 nitrogen and oxygen atoms in total. The van der Waals surface area contributed by atoms with Gasteiger partial charge in [0.15, 0.2) is 0 Å². The molecule has 1 amide bonds. The standard InChI is InChI=1S/C23H24N4O3/c28-16-17-10-12-27(13-11-17)20-8-6-19(7-9-20)26-22(29)18-14-24-23(25-15-18)30-21-4-2-1-3-5-21/h1-9,14-15,17,28H,10-13,16H2,(H,26,29). The number of aliphatic hydroxyl groups excluding tert-OH is 1. The van der Waals surface area contributed by atoms with Gasteiger partial charge in [0.25, 0.3) is 5.91 Å². The molecule has 1 saturated heterocycles. The maximum atomic E-state index is 12.5. The number of hydrogen-bond donors (Lipinski definition) is 2. The fourth-order valence-electron chi connectivity index (χ4n) is 3.41. The van der Waals surface area contributed by atoms with Gasteiger partial charge in [0, 0.05) is 43.5 Å². The highest BCUT2D eigenvalue weighted by Gasteiger charge is 2.18. The lowest BCUT2D eigenvalue weighted by Gasteiger charge is -2.32. The van der Waals surface area contributed by atoms with Gasteiger partial charge < -0.3 is 20.1 Å². The molecule has 1 aromatic heterocycles. The van der Waals surface area contributed by atoms with Crippen LogP contribution in [0.5, 0.6) is 11.8 Å². The Balaban J connectivity index is 1.33. The number of ether oxygens (including phenoxy) is 1. The van der Waals surface area contributed by atoms with Gasteiger partial charge in [0.2, 0.25) is 0 Å². The molecular formula is C23H24N4O3. The second-order valence-electron chi connectivity index (χ2n) is 7.28. The molecule has 0 aliphatic carbocycles. The molecule has 1 aliphatic heterocycles. The number of aliphatic hydroxyl groups is 1. The number of para-hydroxylation sites is 1. The minimum atomic E-state index is -0.280. The number of amides is 1. The average molecular weight is 404 g/mol. The summed E-state index contributed by atoms with van der Waals surface area (Å²) < 4.78 is 5.54. The Labute approximate surface area is 175 Å². The topological polar surface area (TPSA) is 87.6 Å². The predicted octanol–water partition coefficient (Wildman–Crippen LogP) is 3.73. The van der Waals surface area contributed by atoms with Crippen LogP contribution in [-0.4, -0.2) is 40.7 Å². The average Bonchev–Trinajstić information content (AvgIpc) is 2.81. The van der Waals surface area contributed by atoms with Crippen LogP contribution in [0.4, 0.5) is 11.4 Å². The lowest BCUT2D eigenvalue weighted by Crippen LogP contribution is -2.34. The van der Waals surface area contributed by atoms with E-state index in [1.54, 1.807) is 0 Å². The third-order valence-electron chi connectivity index (χ3n) is 5.21. The molecule has 0 unspecified atom stereocenters. The van der Waals surface area contributed by atoms with Crippen molar-refractivity contribution >= 4 is 17.3 Å². The Morgan fingerprint density at radius 3 is 2.33 bits per heavy atom. The summed E-state index contributed by atoms with van der Waals surface area (Å²) in [5.41, 5.74) is 2.18. The van der Waals surface area contributed by atoms with Crippen LogP contribution in [0.2, 0.25) is 0 Å². The van der Waals surface area contributed by atoms with Crippen molar-refractivity contribution in [2.45, 2.75) is 12.8 Å². The molecule has 3 aromatic rings. The van der Waals surface area contributed by atoms with Gasteiger partial charge in [-0.15, -0.1) is 0 Å². The molecule has 0 radical (unpaired) electrons. The first-order valence-corrected chi connectivity index (χ1v) is 10.0. The first kappa shape index (κ1) is 19.8. The van der Waals surface area contributed by atoms with E-state index in [-0.39, 0.29) is 18.5 Å². The van der Waals surface area contributed by atoms with E-state index in [1.165, 1.54) is 12.4 Å². The van der Waals surface area contributed by atoms with Crippen molar-refractivity contribution < 1.29 is 14.6 Å². The Morgan fingerprint density at radius 1 is 1.03 bits per heavy atom. The van der Waals surface area contributed by atoms with E-state index in [4.69, 9.17) is 4.74 Å². The smallest absolute Gasteiger partial charge is 0.321 e. The fraction of sp³-hybridized carbons (Fsp3) is 0.261. The van der Waals surface area contributed by atoms with E-state index in [0.717, 1.165) is 31.6 Å². The quantitative estimate of drug-likeness (QED) is 0.651. The van der Waals surface area contributed by atoms with E-state index in [2.05, 4.69) is 20.2 Å². The van der Waals surface area contributed by atoms with E-state index in [0.29, 0.717) is 22.9 Å². The highest BCUT2D eigenvalue weighted by atomic mass is 16.5. The molecule has 2 heterocycles. The second-order valence-corrected chi connectivity index (χ2v) is 7.28. The van der Waals surface area contributed by atoms with Gasteiger partial charge in [-0.2, -0.15) is 0 Å². The van der Waals surface area contributed by atoms with Crippen LogP contribution in [0.15, 0.2) is 67.0 Å². The van der Waals surface area contributed by atoms with Gasteiger partial charge in [0.1, 0.15) is 5.75 Å². The number of carbonyl (C=O) groups excluding carboxylic acids is 1. The summed E-state index contributed by atoms with van der Waals surface area (Å²) in [7, 11) is 0. The summed E-state index contributed by atoms with van der Waals surface area (Å²) in [4.78, 5) is 23.0. The molecular weight excluding hydrogens is 380 g/mol. The van der Waals surface area contributed by atoms with E-state index in [9.17, 15) is 9.90 Å². The SMILES string of the molecule is O=C(Nc1ccc(N2CCC(CO)CC2)cc1)c1cnc(Oc2ccccc2)nc1. The number of piperidine rings is 1. The minimum Gasteiger partial charge on any atom is -0.424 e. The Kier molecular flexibility index (Phi) is 6.20. The summed E-state index contributed by atoms with van der Waals surface area (Å²) in [6.07, 6.45) is 4.89. The van der Waals surface area contributed by atoms with Crippen LogP contribution in [0.3, 0.4) is 0 Å². The van der Waals surface area contributed by atoms with Gasteiger partial charge >= 0.3 is 6.01 Å². The normalized spacial score (nSPS) is 14.4. The number of anilines is 2. The summed E-state index contributed by atoms with van der Waals surface area (Å²) >= 11 is 0. The van der Waals surface area contributed by atoms with Crippen LogP contribution < -0.4 is 15.0 Å². The highest BCUT2D eigenvalue weighted by molar-refractivity contribution is 6.03. The predicted molar refractivity (Wildman–Crippen MR) is 115 cm³/mol. The van der Waals surface area contributed by atoms with Crippen LogP contribution in [0, 0.1) is 5.92 Å². The first-order valence-electron chi connectivity index (χ1n) is 10.0. The molecule has 30 heavy (non-hydrogen) atoms. The van der Waals surface area contributed by atoms with Crippen LogP contribution in [0.1, 0.15) is 23.2 Å². The molecule has 7 heteroatoms. The Morgan fingerprint density at radius 2 is 1.70 bits per heavy atom. The molecule has 0 bridgehead atoms. The number of carbonyl (C=O) groups is 1. The van der Waals surface area contributed by atoms with Gasteiger partial charge in [-0.3, -0.25) is 4.79 Å². The van der Waals surface area contributed by atoms with Gasteiger partial charge in [0.05, 0.1) is 5.56 Å². The third-order valence-corrected chi connectivity index (χ3v) is 5.21. The van der Waals surface area contributed by atoms with Gasteiger partial charge in [-0.25, -0.2) is 9.97 Å². The van der Waals surface area contributed by atoms with Gasteiger partial charge in [-0.05, 0) is 55.2 Å². The molecule has 2 aromatic carbocycles. The highest BCUT2D eigenvalue weighted by Crippen LogP contribution is 2.24. The largest absolute Gasteiger partial charge is 0.424 e. The van der Waals surface area contributed by atoms with Crippen molar-refractivity contribution in [3.8, 4) is 11.8 Å². The molecule has 2 N–H and O–H groups in total. The Bertz CT molecular complexity index is 954. The minimum absolute atomic E-state index is 0.187. The third kappa shape index (κ3) is 4.93. The molecule has 4 rings (SSSR count). The number of aromatic nitrogens is 2. The van der Waals surface area contributed by atoms with Crippen LogP contribution in [0.25, 0.3) is 0 Å². The molecule has 1 aliphatic rings. The van der Waals surface area contributed by atoms with Crippen LogP contribution >= 0.6 is 0 Å². The number of rotatable bonds is 6. The molecule has 0 spiro atoms. The molecule has 154 valence electrons.